The monoisotopic (exact) mass is 320 g/mol. The molecular weight excluding hydrogens is 304 g/mol. The van der Waals surface area contributed by atoms with Crippen LogP contribution in [0.2, 0.25) is 0 Å². The van der Waals surface area contributed by atoms with Gasteiger partial charge in [-0.1, -0.05) is 36.4 Å². The first-order valence-electron chi connectivity index (χ1n) is 7.91. The molecule has 3 aromatic rings. The van der Waals surface area contributed by atoms with E-state index < -0.39 is 11.6 Å². The molecule has 2 aromatic carbocycles. The molecule has 1 fully saturated rings. The summed E-state index contributed by atoms with van der Waals surface area (Å²) in [7, 11) is 0. The molecule has 4 nitrogen and oxygen atoms in total. The highest BCUT2D eigenvalue weighted by Gasteiger charge is 2.44. The first-order valence-corrected chi connectivity index (χ1v) is 7.91. The standard InChI is InChI=1S/C20H16O4/c1-11-4-2-3-5-13(11)16-10-19(21)24-18-8-12(6-7-14(16)18)15-9-17(15)20(22)23/h2-8,10,15,17H,9H2,1H3,(H,22,23)/t15-,17-/m0/s1. The van der Waals surface area contributed by atoms with Gasteiger partial charge in [0.25, 0.3) is 0 Å². The van der Waals surface area contributed by atoms with Gasteiger partial charge in [0.05, 0.1) is 5.92 Å². The number of benzene rings is 2. The third-order valence-corrected chi connectivity index (χ3v) is 4.74. The summed E-state index contributed by atoms with van der Waals surface area (Å²) < 4.78 is 5.38. The summed E-state index contributed by atoms with van der Waals surface area (Å²) in [4.78, 5) is 23.1. The maximum absolute atomic E-state index is 12.0. The summed E-state index contributed by atoms with van der Waals surface area (Å²) in [5.74, 6) is -1.08. The number of hydrogen-bond donors (Lipinski definition) is 1. The van der Waals surface area contributed by atoms with Gasteiger partial charge in [0.2, 0.25) is 0 Å². The molecule has 0 bridgehead atoms. The van der Waals surface area contributed by atoms with Crippen LogP contribution in [0.15, 0.2) is 57.7 Å². The van der Waals surface area contributed by atoms with E-state index in [-0.39, 0.29) is 11.8 Å². The highest BCUT2D eigenvalue weighted by Crippen LogP contribution is 2.48. The van der Waals surface area contributed by atoms with E-state index in [0.717, 1.165) is 27.6 Å². The predicted molar refractivity (Wildman–Crippen MR) is 91.1 cm³/mol. The maximum Gasteiger partial charge on any atom is 0.336 e. The topological polar surface area (TPSA) is 67.5 Å². The van der Waals surface area contributed by atoms with Crippen molar-refractivity contribution >= 4 is 16.9 Å². The molecule has 1 heterocycles. The molecule has 0 radical (unpaired) electrons. The van der Waals surface area contributed by atoms with Gasteiger partial charge in [-0.2, -0.15) is 0 Å². The van der Waals surface area contributed by atoms with Crippen LogP contribution in [0.3, 0.4) is 0 Å². The second-order valence-corrected chi connectivity index (χ2v) is 6.34. The zero-order chi connectivity index (χ0) is 16.8. The molecule has 0 aliphatic heterocycles. The number of aliphatic carboxylic acids is 1. The first kappa shape index (κ1) is 14.7. The van der Waals surface area contributed by atoms with Gasteiger partial charge in [0.15, 0.2) is 0 Å². The summed E-state index contributed by atoms with van der Waals surface area (Å²) >= 11 is 0. The van der Waals surface area contributed by atoms with Gasteiger partial charge in [-0.15, -0.1) is 0 Å². The van der Waals surface area contributed by atoms with Crippen LogP contribution in [0.4, 0.5) is 0 Å². The van der Waals surface area contributed by atoms with E-state index in [2.05, 4.69) is 0 Å². The number of carbonyl (C=O) groups is 1. The molecule has 0 saturated heterocycles. The Morgan fingerprint density at radius 1 is 1.12 bits per heavy atom. The predicted octanol–water partition coefficient (Wildman–Crippen LogP) is 3.96. The second-order valence-electron chi connectivity index (χ2n) is 6.34. The number of hydrogen-bond acceptors (Lipinski definition) is 3. The van der Waals surface area contributed by atoms with Crippen molar-refractivity contribution in [3.63, 3.8) is 0 Å². The summed E-state index contributed by atoms with van der Waals surface area (Å²) in [6.45, 7) is 2.01. The largest absolute Gasteiger partial charge is 0.481 e. The van der Waals surface area contributed by atoms with Gasteiger partial charge < -0.3 is 9.52 Å². The SMILES string of the molecule is Cc1ccccc1-c1cc(=O)oc2cc([C@@H]3C[C@@H]3C(=O)O)ccc12. The molecule has 1 aliphatic rings. The molecule has 1 saturated carbocycles. The lowest BCUT2D eigenvalue weighted by Gasteiger charge is -2.09. The Kier molecular flexibility index (Phi) is 3.27. The Labute approximate surface area is 138 Å². The third-order valence-electron chi connectivity index (χ3n) is 4.74. The van der Waals surface area contributed by atoms with Gasteiger partial charge in [0, 0.05) is 17.0 Å². The summed E-state index contributed by atoms with van der Waals surface area (Å²) in [5, 5.41) is 9.95. The summed E-state index contributed by atoms with van der Waals surface area (Å²) in [5.41, 5.74) is 3.95. The lowest BCUT2D eigenvalue weighted by Crippen LogP contribution is -2.01. The smallest absolute Gasteiger partial charge is 0.336 e. The Bertz CT molecular complexity index is 1020. The normalized spacial score (nSPS) is 19.4. The molecule has 1 aliphatic carbocycles. The quantitative estimate of drug-likeness (QED) is 0.742. The molecule has 24 heavy (non-hydrogen) atoms. The van der Waals surface area contributed by atoms with Crippen molar-refractivity contribution in [2.24, 2.45) is 5.92 Å². The number of carboxylic acid groups (broad SMARTS) is 1. The average molecular weight is 320 g/mol. The van der Waals surface area contributed by atoms with E-state index in [1.165, 1.54) is 6.07 Å². The van der Waals surface area contributed by atoms with Gasteiger partial charge in [-0.05, 0) is 42.0 Å². The number of rotatable bonds is 3. The number of fused-ring (bicyclic) bond motifs is 1. The Morgan fingerprint density at radius 3 is 2.62 bits per heavy atom. The highest BCUT2D eigenvalue weighted by atomic mass is 16.4. The highest BCUT2D eigenvalue weighted by molar-refractivity contribution is 5.94. The van der Waals surface area contributed by atoms with Crippen LogP contribution in [0.5, 0.6) is 0 Å². The van der Waals surface area contributed by atoms with Crippen LogP contribution in [0.25, 0.3) is 22.1 Å². The van der Waals surface area contributed by atoms with Gasteiger partial charge in [-0.3, -0.25) is 4.79 Å². The fraction of sp³-hybridized carbons (Fsp3) is 0.200. The fourth-order valence-electron chi connectivity index (χ4n) is 3.34. The second kappa shape index (κ2) is 5.34. The molecular formula is C20H16O4. The van der Waals surface area contributed by atoms with E-state index in [4.69, 9.17) is 9.52 Å². The van der Waals surface area contributed by atoms with Gasteiger partial charge >= 0.3 is 11.6 Å². The van der Waals surface area contributed by atoms with Crippen molar-refractivity contribution < 1.29 is 14.3 Å². The summed E-state index contributed by atoms with van der Waals surface area (Å²) in [6, 6.07) is 15.1. The summed E-state index contributed by atoms with van der Waals surface area (Å²) in [6.07, 6.45) is 0.641. The van der Waals surface area contributed by atoms with Gasteiger partial charge in [-0.25, -0.2) is 4.79 Å². The Morgan fingerprint density at radius 2 is 1.92 bits per heavy atom. The first-order chi connectivity index (χ1) is 11.5. The van der Waals surface area contributed by atoms with Crippen molar-refractivity contribution in [3.05, 3.63) is 70.1 Å². The van der Waals surface area contributed by atoms with Crippen molar-refractivity contribution in [2.45, 2.75) is 19.3 Å². The fourth-order valence-corrected chi connectivity index (χ4v) is 3.34. The van der Waals surface area contributed by atoms with Crippen LogP contribution in [0, 0.1) is 12.8 Å². The average Bonchev–Trinajstić information content (AvgIpc) is 3.35. The molecule has 1 N–H and O–H groups in total. The van der Waals surface area contributed by atoms with E-state index in [0.29, 0.717) is 12.0 Å². The Hall–Kier alpha value is -2.88. The zero-order valence-corrected chi connectivity index (χ0v) is 13.2. The van der Waals surface area contributed by atoms with Crippen LogP contribution in [0.1, 0.15) is 23.5 Å². The minimum absolute atomic E-state index is 0.0133. The van der Waals surface area contributed by atoms with E-state index in [9.17, 15) is 9.59 Å². The van der Waals surface area contributed by atoms with Crippen molar-refractivity contribution in [3.8, 4) is 11.1 Å². The minimum Gasteiger partial charge on any atom is -0.481 e. The number of aryl methyl sites for hydroxylation is 1. The van der Waals surface area contributed by atoms with E-state index >= 15 is 0 Å². The minimum atomic E-state index is -0.768. The van der Waals surface area contributed by atoms with E-state index in [1.54, 1.807) is 0 Å². The molecule has 4 heteroatoms. The van der Waals surface area contributed by atoms with Crippen molar-refractivity contribution in [1.82, 2.24) is 0 Å². The van der Waals surface area contributed by atoms with Crippen LogP contribution >= 0.6 is 0 Å². The lowest BCUT2D eigenvalue weighted by atomic mass is 9.96. The maximum atomic E-state index is 12.0. The Balaban J connectivity index is 1.87. The van der Waals surface area contributed by atoms with Crippen molar-refractivity contribution in [2.75, 3.05) is 0 Å². The van der Waals surface area contributed by atoms with E-state index in [1.807, 2.05) is 49.4 Å². The zero-order valence-electron chi connectivity index (χ0n) is 13.2. The lowest BCUT2D eigenvalue weighted by molar-refractivity contribution is -0.138. The van der Waals surface area contributed by atoms with Gasteiger partial charge in [0.1, 0.15) is 5.58 Å². The van der Waals surface area contributed by atoms with Crippen LogP contribution in [-0.4, -0.2) is 11.1 Å². The molecule has 0 unspecified atom stereocenters. The molecule has 120 valence electrons. The molecule has 1 aromatic heterocycles. The molecule has 0 spiro atoms. The molecule has 0 amide bonds. The third kappa shape index (κ3) is 2.40. The number of carboxylic acids is 1. The van der Waals surface area contributed by atoms with Crippen LogP contribution in [-0.2, 0) is 4.79 Å². The molecule has 2 atom stereocenters. The van der Waals surface area contributed by atoms with Crippen molar-refractivity contribution in [1.29, 1.82) is 0 Å². The van der Waals surface area contributed by atoms with Crippen LogP contribution < -0.4 is 5.63 Å². The molecule has 4 rings (SSSR count).